The lowest BCUT2D eigenvalue weighted by molar-refractivity contribution is -0.139. The number of methoxy groups -OCH3 is 1. The van der Waals surface area contributed by atoms with Crippen LogP contribution in [0.5, 0.6) is 11.5 Å². The predicted octanol–water partition coefficient (Wildman–Crippen LogP) is 6.08. The van der Waals surface area contributed by atoms with Crippen molar-refractivity contribution in [1.82, 2.24) is 14.3 Å². The van der Waals surface area contributed by atoms with Crippen molar-refractivity contribution < 1.29 is 19.0 Å². The van der Waals surface area contributed by atoms with E-state index in [9.17, 15) is 9.59 Å². The highest BCUT2D eigenvalue weighted by Crippen LogP contribution is 2.32. The number of benzene rings is 3. The van der Waals surface area contributed by atoms with Crippen LogP contribution in [0.1, 0.15) is 51.3 Å². The van der Waals surface area contributed by atoms with Crippen molar-refractivity contribution in [3.63, 3.8) is 0 Å². The van der Waals surface area contributed by atoms with Crippen molar-refractivity contribution in [2.45, 2.75) is 40.2 Å². The first kappa shape index (κ1) is 32.7. The van der Waals surface area contributed by atoms with E-state index in [0.717, 1.165) is 34.5 Å². The summed E-state index contributed by atoms with van der Waals surface area (Å²) in [5.74, 6) is 1.52. The minimum Gasteiger partial charge on any atom is -0.497 e. The fraction of sp³-hybridized carbons (Fsp3) is 0.263. The number of ether oxygens (including phenoxy) is 3. The second-order valence-corrected chi connectivity index (χ2v) is 12.9. The topological polar surface area (TPSA) is 96.9 Å². The van der Waals surface area contributed by atoms with Gasteiger partial charge in [0.1, 0.15) is 17.2 Å². The number of allylic oxidation sites excluding steroid dienone is 1. The van der Waals surface area contributed by atoms with Gasteiger partial charge >= 0.3 is 5.97 Å². The Balaban J connectivity index is 1.47. The number of carbonyl (C=O) groups excluding carboxylic acids is 1. The Morgan fingerprint density at radius 1 is 1.00 bits per heavy atom. The van der Waals surface area contributed by atoms with Crippen LogP contribution in [0.15, 0.2) is 106 Å². The molecule has 2 aromatic heterocycles. The van der Waals surface area contributed by atoms with Crippen molar-refractivity contribution in [3.8, 4) is 28.4 Å². The van der Waals surface area contributed by atoms with Gasteiger partial charge in [-0.3, -0.25) is 9.36 Å². The molecular weight excluding hydrogens is 625 g/mol. The standard InChI is InChI=1S/C38H38N4O5S/c1-6-46-37(44)33-25(4)39-38-42(35(33)27-14-16-30(45-5)17-15-27)36(43)32(48-38)22-28-23-41(29-10-8-7-9-11-29)40-34(28)26-12-18-31(19-13-26)47-21-20-24(2)3/h7-19,22-24,35H,6,20-21H2,1-5H3. The number of hydrogen-bond acceptors (Lipinski definition) is 8. The number of fused-ring (bicyclic) bond motifs is 1. The summed E-state index contributed by atoms with van der Waals surface area (Å²) in [6.07, 6.45) is 4.75. The maximum atomic E-state index is 14.3. The first-order valence-electron chi connectivity index (χ1n) is 16.0. The van der Waals surface area contributed by atoms with E-state index in [-0.39, 0.29) is 12.2 Å². The molecule has 48 heavy (non-hydrogen) atoms. The molecular formula is C38H38N4O5S. The highest BCUT2D eigenvalue weighted by Gasteiger charge is 2.33. The van der Waals surface area contributed by atoms with E-state index in [0.29, 0.717) is 44.6 Å². The van der Waals surface area contributed by atoms with Crippen molar-refractivity contribution in [2.24, 2.45) is 10.9 Å². The van der Waals surface area contributed by atoms with E-state index in [1.165, 1.54) is 11.3 Å². The van der Waals surface area contributed by atoms with Crippen molar-refractivity contribution in [1.29, 1.82) is 0 Å². The second kappa shape index (κ2) is 14.3. The summed E-state index contributed by atoms with van der Waals surface area (Å²) in [5, 5.41) is 4.96. The van der Waals surface area contributed by atoms with Gasteiger partial charge in [0.05, 0.1) is 47.9 Å². The number of esters is 1. The van der Waals surface area contributed by atoms with Crippen LogP contribution in [0.3, 0.4) is 0 Å². The van der Waals surface area contributed by atoms with Crippen LogP contribution in [-0.4, -0.2) is 40.6 Å². The zero-order chi connectivity index (χ0) is 33.8. The Kier molecular flexibility index (Phi) is 9.72. The van der Waals surface area contributed by atoms with Gasteiger partial charge in [0.2, 0.25) is 0 Å². The number of hydrogen-bond donors (Lipinski definition) is 0. The molecule has 0 aliphatic carbocycles. The van der Waals surface area contributed by atoms with E-state index in [1.54, 1.807) is 25.5 Å². The number of nitrogens with zero attached hydrogens (tertiary/aromatic N) is 4. The highest BCUT2D eigenvalue weighted by molar-refractivity contribution is 7.07. The minimum atomic E-state index is -0.719. The largest absolute Gasteiger partial charge is 0.497 e. The van der Waals surface area contributed by atoms with E-state index >= 15 is 0 Å². The second-order valence-electron chi connectivity index (χ2n) is 11.8. The molecule has 1 unspecified atom stereocenters. The van der Waals surface area contributed by atoms with Crippen LogP contribution in [0.2, 0.25) is 0 Å². The fourth-order valence-corrected chi connectivity index (χ4v) is 6.62. The average Bonchev–Trinajstić information content (AvgIpc) is 3.65. The van der Waals surface area contributed by atoms with Crippen LogP contribution >= 0.6 is 11.3 Å². The molecule has 1 aliphatic rings. The first-order chi connectivity index (χ1) is 23.3. The smallest absolute Gasteiger partial charge is 0.338 e. The molecule has 246 valence electrons. The maximum Gasteiger partial charge on any atom is 0.338 e. The van der Waals surface area contributed by atoms with Crippen molar-refractivity contribution >= 4 is 23.4 Å². The lowest BCUT2D eigenvalue weighted by Gasteiger charge is -2.24. The van der Waals surface area contributed by atoms with Crippen molar-refractivity contribution in [2.75, 3.05) is 20.3 Å². The Hall–Kier alpha value is -5.22. The highest BCUT2D eigenvalue weighted by atomic mass is 32.1. The zero-order valence-corrected chi connectivity index (χ0v) is 28.5. The molecule has 1 aliphatic heterocycles. The molecule has 0 saturated carbocycles. The summed E-state index contributed by atoms with van der Waals surface area (Å²) >= 11 is 1.28. The van der Waals surface area contributed by atoms with E-state index in [4.69, 9.17) is 24.3 Å². The monoisotopic (exact) mass is 662 g/mol. The molecule has 0 bridgehead atoms. The average molecular weight is 663 g/mol. The summed E-state index contributed by atoms with van der Waals surface area (Å²) in [5.41, 5.74) is 4.58. The third-order valence-electron chi connectivity index (χ3n) is 8.09. The van der Waals surface area contributed by atoms with Gasteiger partial charge in [-0.15, -0.1) is 0 Å². The quantitative estimate of drug-likeness (QED) is 0.159. The molecule has 6 rings (SSSR count). The van der Waals surface area contributed by atoms with Crippen LogP contribution in [0.25, 0.3) is 23.0 Å². The third kappa shape index (κ3) is 6.75. The van der Waals surface area contributed by atoms with Gasteiger partial charge in [0, 0.05) is 17.3 Å². The Morgan fingerprint density at radius 3 is 2.38 bits per heavy atom. The molecule has 3 aromatic carbocycles. The molecule has 0 fully saturated rings. The molecule has 0 radical (unpaired) electrons. The van der Waals surface area contributed by atoms with Gasteiger partial charge in [-0.2, -0.15) is 5.10 Å². The normalized spacial score (nSPS) is 14.5. The molecule has 0 amide bonds. The Morgan fingerprint density at radius 2 is 1.71 bits per heavy atom. The maximum absolute atomic E-state index is 14.3. The molecule has 0 N–H and O–H groups in total. The summed E-state index contributed by atoms with van der Waals surface area (Å²) in [4.78, 5) is 32.8. The van der Waals surface area contributed by atoms with Gasteiger partial charge in [-0.25, -0.2) is 14.5 Å². The van der Waals surface area contributed by atoms with Gasteiger partial charge in [0.25, 0.3) is 5.56 Å². The van der Waals surface area contributed by atoms with Gasteiger partial charge < -0.3 is 14.2 Å². The van der Waals surface area contributed by atoms with Gasteiger partial charge in [-0.1, -0.05) is 55.5 Å². The van der Waals surface area contributed by atoms with Crippen LogP contribution < -0.4 is 24.4 Å². The fourth-order valence-electron chi connectivity index (χ4n) is 5.59. The zero-order valence-electron chi connectivity index (χ0n) is 27.7. The van der Waals surface area contributed by atoms with E-state index < -0.39 is 12.0 Å². The van der Waals surface area contributed by atoms with Crippen LogP contribution in [0, 0.1) is 5.92 Å². The Bertz CT molecular complexity index is 2130. The molecule has 3 heterocycles. The molecule has 1 atom stereocenters. The Labute approximate surface area is 283 Å². The molecule has 0 spiro atoms. The SMILES string of the molecule is CCOC(=O)C1=C(C)N=c2sc(=Cc3cn(-c4ccccc4)nc3-c3ccc(OCCC(C)C)cc3)c(=O)n2C1c1ccc(OC)cc1. The van der Waals surface area contributed by atoms with Crippen molar-refractivity contribution in [3.05, 3.63) is 127 Å². The molecule has 0 saturated heterocycles. The van der Waals surface area contributed by atoms with E-state index in [2.05, 4.69) is 13.8 Å². The summed E-state index contributed by atoms with van der Waals surface area (Å²) in [6.45, 7) is 8.74. The van der Waals surface area contributed by atoms with E-state index in [1.807, 2.05) is 95.8 Å². The number of thiazole rings is 1. The molecule has 9 nitrogen and oxygen atoms in total. The number of carbonyl (C=O) groups is 1. The third-order valence-corrected chi connectivity index (χ3v) is 9.07. The minimum absolute atomic E-state index is 0.203. The number of aromatic nitrogens is 3. The molecule has 5 aromatic rings. The predicted molar refractivity (Wildman–Crippen MR) is 187 cm³/mol. The van der Waals surface area contributed by atoms with Crippen LogP contribution in [0.4, 0.5) is 0 Å². The summed E-state index contributed by atoms with van der Waals surface area (Å²) in [6, 6.07) is 24.3. The lowest BCUT2D eigenvalue weighted by Crippen LogP contribution is -2.39. The lowest BCUT2D eigenvalue weighted by atomic mass is 9.96. The van der Waals surface area contributed by atoms with Crippen LogP contribution in [-0.2, 0) is 9.53 Å². The van der Waals surface area contributed by atoms with Gasteiger partial charge in [0.15, 0.2) is 4.80 Å². The van der Waals surface area contributed by atoms with Gasteiger partial charge in [-0.05, 0) is 86.4 Å². The number of rotatable bonds is 11. The first-order valence-corrected chi connectivity index (χ1v) is 16.8. The summed E-state index contributed by atoms with van der Waals surface area (Å²) < 4.78 is 20.6. The molecule has 10 heteroatoms. The number of para-hydroxylation sites is 1. The summed E-state index contributed by atoms with van der Waals surface area (Å²) in [7, 11) is 1.59.